The van der Waals surface area contributed by atoms with Crippen LogP contribution in [0.5, 0.6) is 0 Å². The lowest BCUT2D eigenvalue weighted by molar-refractivity contribution is -0.249. The summed E-state index contributed by atoms with van der Waals surface area (Å²) < 4.78 is 5.81. The lowest BCUT2D eigenvalue weighted by atomic mass is 9.75. The molecule has 2 aliphatic rings. The lowest BCUT2D eigenvalue weighted by Crippen LogP contribution is -2.61. The van der Waals surface area contributed by atoms with Gasteiger partial charge in [0.1, 0.15) is 0 Å². The third-order valence-corrected chi connectivity index (χ3v) is 7.53. The van der Waals surface area contributed by atoms with E-state index < -0.39 is 22.2 Å². The van der Waals surface area contributed by atoms with Crippen molar-refractivity contribution >= 4 is 11.8 Å². The minimum Gasteiger partial charge on any atom is -0.377 e. The van der Waals surface area contributed by atoms with E-state index in [1.165, 1.54) is 10.1 Å². The van der Waals surface area contributed by atoms with Crippen LogP contribution in [-0.4, -0.2) is 79.8 Å². The molecule has 0 bridgehead atoms. The molecule has 9 nitrogen and oxygen atoms in total. The number of piperidine rings is 2. The second-order valence-electron chi connectivity index (χ2n) is 13.4. The third-order valence-electron chi connectivity index (χ3n) is 7.53. The lowest BCUT2D eigenvalue weighted by Gasteiger charge is -2.51. The Bertz CT molecular complexity index is 669. The van der Waals surface area contributed by atoms with Crippen LogP contribution in [0.15, 0.2) is 0 Å². The van der Waals surface area contributed by atoms with Crippen LogP contribution in [-0.2, 0) is 14.3 Å². The fourth-order valence-corrected chi connectivity index (χ4v) is 6.14. The number of rotatable bonds is 8. The van der Waals surface area contributed by atoms with Crippen molar-refractivity contribution in [2.75, 3.05) is 13.2 Å². The number of carbonyl (C=O) groups excluding carboxylic acids is 2. The average molecular weight is 499 g/mol. The Hall–Kier alpha value is -1.26. The highest BCUT2D eigenvalue weighted by molar-refractivity contribution is 5.79. The standard InChI is InChI=1S/C26H50N4O5/c1-17(27-21(31)19-11-23(3,4)29(33)24(5,6)12-19)15-35-16-18(2)28-22(32)20-13-25(7,8)30(34)26(9,10)14-20/h17-20,33-34H,11-16H2,1-10H3,(H,27,31)(H,28,32). The summed E-state index contributed by atoms with van der Waals surface area (Å²) in [6, 6.07) is -0.335. The first kappa shape index (κ1) is 30.0. The van der Waals surface area contributed by atoms with E-state index in [-0.39, 0.29) is 35.7 Å². The van der Waals surface area contributed by atoms with Crippen LogP contribution in [0.4, 0.5) is 0 Å². The number of carbonyl (C=O) groups is 2. The van der Waals surface area contributed by atoms with Gasteiger partial charge in [0, 0.05) is 46.1 Å². The van der Waals surface area contributed by atoms with Gasteiger partial charge in [0.15, 0.2) is 0 Å². The van der Waals surface area contributed by atoms with Crippen LogP contribution >= 0.6 is 0 Å². The molecule has 0 aromatic carbocycles. The average Bonchev–Trinajstić information content (AvgIpc) is 2.69. The molecule has 0 radical (unpaired) electrons. The van der Waals surface area contributed by atoms with Gasteiger partial charge in [-0.1, -0.05) is 0 Å². The highest BCUT2D eigenvalue weighted by Gasteiger charge is 2.48. The summed E-state index contributed by atoms with van der Waals surface area (Å²) in [5.41, 5.74) is -1.91. The quantitative estimate of drug-likeness (QED) is 0.406. The van der Waals surface area contributed by atoms with Crippen LogP contribution in [0, 0.1) is 11.8 Å². The maximum absolute atomic E-state index is 12.9. The highest BCUT2D eigenvalue weighted by atomic mass is 16.5. The van der Waals surface area contributed by atoms with Gasteiger partial charge < -0.3 is 25.8 Å². The molecule has 2 amide bonds. The number of hydroxylamine groups is 4. The second kappa shape index (κ2) is 10.6. The van der Waals surface area contributed by atoms with Crippen molar-refractivity contribution in [2.24, 2.45) is 11.8 Å². The highest BCUT2D eigenvalue weighted by Crippen LogP contribution is 2.41. The van der Waals surface area contributed by atoms with Gasteiger partial charge in [-0.3, -0.25) is 9.59 Å². The Morgan fingerprint density at radius 1 is 0.714 bits per heavy atom. The number of ether oxygens (including phenoxy) is 1. The molecule has 0 aromatic rings. The van der Waals surface area contributed by atoms with Crippen LogP contribution in [0.1, 0.15) is 94.9 Å². The first-order valence-corrected chi connectivity index (χ1v) is 13.0. The molecular weight excluding hydrogens is 448 g/mol. The van der Waals surface area contributed by atoms with Crippen molar-refractivity contribution in [3.05, 3.63) is 0 Å². The van der Waals surface area contributed by atoms with E-state index >= 15 is 0 Å². The molecule has 9 heteroatoms. The molecule has 2 atom stereocenters. The number of hydrogen-bond donors (Lipinski definition) is 4. The Morgan fingerprint density at radius 3 is 1.23 bits per heavy atom. The van der Waals surface area contributed by atoms with Gasteiger partial charge in [0.2, 0.25) is 11.8 Å². The molecule has 2 saturated heterocycles. The third kappa shape index (κ3) is 7.38. The molecule has 2 fully saturated rings. The summed E-state index contributed by atoms with van der Waals surface area (Å²) in [6.45, 7) is 20.1. The maximum atomic E-state index is 12.9. The number of nitrogens with one attached hydrogen (secondary N) is 2. The smallest absolute Gasteiger partial charge is 0.223 e. The molecule has 2 aliphatic heterocycles. The zero-order valence-electron chi connectivity index (χ0n) is 23.6. The fraction of sp³-hybridized carbons (Fsp3) is 0.923. The van der Waals surface area contributed by atoms with E-state index in [2.05, 4.69) is 10.6 Å². The van der Waals surface area contributed by atoms with Gasteiger partial charge in [-0.2, -0.15) is 10.1 Å². The summed E-state index contributed by atoms with van der Waals surface area (Å²) in [5, 5.41) is 29.8. The van der Waals surface area contributed by atoms with Crippen LogP contribution in [0.3, 0.4) is 0 Å². The molecule has 204 valence electrons. The largest absolute Gasteiger partial charge is 0.377 e. The maximum Gasteiger partial charge on any atom is 0.223 e. The van der Waals surface area contributed by atoms with Crippen molar-refractivity contribution in [1.82, 2.24) is 20.8 Å². The zero-order valence-corrected chi connectivity index (χ0v) is 23.6. The molecule has 0 spiro atoms. The second-order valence-corrected chi connectivity index (χ2v) is 13.4. The molecule has 0 aromatic heterocycles. The van der Waals surface area contributed by atoms with E-state index in [0.29, 0.717) is 38.9 Å². The number of amides is 2. The first-order chi connectivity index (χ1) is 15.8. The zero-order chi connectivity index (χ0) is 27.0. The number of hydrogen-bond acceptors (Lipinski definition) is 7. The summed E-state index contributed by atoms with van der Waals surface area (Å²) in [7, 11) is 0. The van der Waals surface area contributed by atoms with E-state index in [1.807, 2.05) is 69.2 Å². The molecule has 2 rings (SSSR count). The topological polar surface area (TPSA) is 114 Å². The molecule has 0 aliphatic carbocycles. The van der Waals surface area contributed by atoms with E-state index in [9.17, 15) is 20.0 Å². The van der Waals surface area contributed by atoms with Crippen molar-refractivity contribution < 1.29 is 24.7 Å². The van der Waals surface area contributed by atoms with E-state index in [1.54, 1.807) is 0 Å². The van der Waals surface area contributed by atoms with Gasteiger partial charge in [-0.25, -0.2) is 0 Å². The van der Waals surface area contributed by atoms with E-state index in [4.69, 9.17) is 4.74 Å². The molecular formula is C26H50N4O5. The van der Waals surface area contributed by atoms with Crippen molar-refractivity contribution in [1.29, 1.82) is 0 Å². The summed E-state index contributed by atoms with van der Waals surface area (Å²) >= 11 is 0. The predicted molar refractivity (Wildman–Crippen MR) is 135 cm³/mol. The van der Waals surface area contributed by atoms with Crippen molar-refractivity contribution in [2.45, 2.75) is 129 Å². The van der Waals surface area contributed by atoms with E-state index in [0.717, 1.165) is 0 Å². The summed E-state index contributed by atoms with van der Waals surface area (Å²) in [5.74, 6) is -0.389. The van der Waals surface area contributed by atoms with Gasteiger partial charge in [0.05, 0.1) is 13.2 Å². The Kier molecular flexibility index (Phi) is 9.09. The molecule has 2 heterocycles. The fourth-order valence-electron chi connectivity index (χ4n) is 6.14. The Morgan fingerprint density at radius 2 is 0.971 bits per heavy atom. The molecule has 4 N–H and O–H groups in total. The van der Waals surface area contributed by atoms with Crippen molar-refractivity contribution in [3.8, 4) is 0 Å². The minimum absolute atomic E-state index is 0.0165. The SMILES string of the molecule is CC(COCC(C)NC(=O)C1CC(C)(C)N(O)C(C)(C)C1)NC(=O)C1CC(C)(C)N(O)C(C)(C)C1. The molecule has 35 heavy (non-hydrogen) atoms. The van der Waals surface area contributed by atoms with Crippen LogP contribution < -0.4 is 10.6 Å². The Labute approximate surface area is 211 Å². The first-order valence-electron chi connectivity index (χ1n) is 13.0. The van der Waals surface area contributed by atoms with Gasteiger partial charge in [0.25, 0.3) is 0 Å². The van der Waals surface area contributed by atoms with Crippen LogP contribution in [0.2, 0.25) is 0 Å². The van der Waals surface area contributed by atoms with Gasteiger partial charge in [-0.05, 0) is 94.9 Å². The molecule has 0 saturated carbocycles. The normalized spacial score (nSPS) is 26.6. The molecule has 2 unspecified atom stereocenters. The van der Waals surface area contributed by atoms with Crippen LogP contribution in [0.25, 0.3) is 0 Å². The number of nitrogens with zero attached hydrogens (tertiary/aromatic N) is 2. The van der Waals surface area contributed by atoms with Crippen molar-refractivity contribution in [3.63, 3.8) is 0 Å². The van der Waals surface area contributed by atoms with Gasteiger partial charge >= 0.3 is 0 Å². The summed E-state index contributed by atoms with van der Waals surface area (Å²) in [6.07, 6.45) is 2.33. The minimum atomic E-state index is -0.477. The Balaban J connectivity index is 1.77. The monoisotopic (exact) mass is 498 g/mol. The van der Waals surface area contributed by atoms with Gasteiger partial charge in [-0.15, -0.1) is 0 Å². The predicted octanol–water partition coefficient (Wildman–Crippen LogP) is 3.33. The summed E-state index contributed by atoms with van der Waals surface area (Å²) in [4.78, 5) is 25.8.